The minimum Gasteiger partial charge on any atom is -0.354 e. The number of aryl methyl sites for hydroxylation is 1. The minimum absolute atomic E-state index is 0.156. The van der Waals surface area contributed by atoms with Gasteiger partial charge in [0.15, 0.2) is 0 Å². The Kier molecular flexibility index (Phi) is 4.26. The number of hydrogen-bond acceptors (Lipinski definition) is 5. The standard InChI is InChI=1S/C9H17N5O/c1-7-12-8(6-9(15)13-7)14(4-2-10)5-3-11/h6H,2-5,10-11H2,1H3,(H,12,13,15). The third-order valence-electron chi connectivity index (χ3n) is 1.97. The maximum absolute atomic E-state index is 11.2. The molecule has 0 spiro atoms. The molecule has 1 aromatic heterocycles. The number of nitrogens with two attached hydrogens (primary N) is 2. The Hall–Kier alpha value is -1.40. The number of nitrogens with one attached hydrogen (secondary N) is 1. The van der Waals surface area contributed by atoms with Gasteiger partial charge in [0.05, 0.1) is 0 Å². The molecule has 0 aliphatic rings. The first-order chi connectivity index (χ1) is 7.17. The van der Waals surface area contributed by atoms with Crippen LogP contribution in [0, 0.1) is 6.92 Å². The van der Waals surface area contributed by atoms with Crippen molar-refractivity contribution in [2.45, 2.75) is 6.92 Å². The summed E-state index contributed by atoms with van der Waals surface area (Å²) in [5.74, 6) is 1.23. The van der Waals surface area contributed by atoms with E-state index >= 15 is 0 Å². The quantitative estimate of drug-likeness (QED) is 0.568. The lowest BCUT2D eigenvalue weighted by Crippen LogP contribution is -2.35. The summed E-state index contributed by atoms with van der Waals surface area (Å²) in [5.41, 5.74) is 10.8. The van der Waals surface area contributed by atoms with Crippen LogP contribution in [-0.2, 0) is 0 Å². The van der Waals surface area contributed by atoms with Gasteiger partial charge in [-0.15, -0.1) is 0 Å². The zero-order chi connectivity index (χ0) is 11.3. The van der Waals surface area contributed by atoms with Crippen LogP contribution in [0.25, 0.3) is 0 Å². The first kappa shape index (κ1) is 11.7. The van der Waals surface area contributed by atoms with Crippen molar-refractivity contribution in [2.75, 3.05) is 31.1 Å². The Labute approximate surface area is 88.3 Å². The third-order valence-corrected chi connectivity index (χ3v) is 1.97. The predicted octanol–water partition coefficient (Wildman–Crippen LogP) is -1.20. The number of anilines is 1. The molecule has 0 unspecified atom stereocenters. The lowest BCUT2D eigenvalue weighted by atomic mass is 10.4. The summed E-state index contributed by atoms with van der Waals surface area (Å²) in [6.45, 7) is 4.05. The summed E-state index contributed by atoms with van der Waals surface area (Å²) in [5, 5.41) is 0. The number of rotatable bonds is 5. The van der Waals surface area contributed by atoms with Crippen molar-refractivity contribution in [3.05, 3.63) is 22.2 Å². The van der Waals surface area contributed by atoms with E-state index in [1.54, 1.807) is 6.92 Å². The van der Waals surface area contributed by atoms with Crippen LogP contribution in [0.2, 0.25) is 0 Å². The van der Waals surface area contributed by atoms with Crippen molar-refractivity contribution in [3.8, 4) is 0 Å². The van der Waals surface area contributed by atoms with Gasteiger partial charge < -0.3 is 21.4 Å². The maximum Gasteiger partial charge on any atom is 0.252 e. The molecule has 1 aromatic rings. The van der Waals surface area contributed by atoms with Gasteiger partial charge in [-0.05, 0) is 6.92 Å². The molecule has 0 aliphatic carbocycles. The van der Waals surface area contributed by atoms with Crippen LogP contribution >= 0.6 is 0 Å². The summed E-state index contributed by atoms with van der Waals surface area (Å²) in [7, 11) is 0. The SMILES string of the molecule is Cc1nc(N(CCN)CCN)cc(=O)[nH]1. The van der Waals surface area contributed by atoms with Crippen LogP contribution < -0.4 is 21.9 Å². The Morgan fingerprint density at radius 1 is 1.40 bits per heavy atom. The van der Waals surface area contributed by atoms with Gasteiger partial charge in [-0.3, -0.25) is 4.79 Å². The van der Waals surface area contributed by atoms with E-state index < -0.39 is 0 Å². The molecule has 0 fully saturated rings. The van der Waals surface area contributed by atoms with Crippen LogP contribution in [0.15, 0.2) is 10.9 Å². The molecule has 6 nitrogen and oxygen atoms in total. The van der Waals surface area contributed by atoms with E-state index in [9.17, 15) is 4.79 Å². The molecule has 84 valence electrons. The molecule has 0 aromatic carbocycles. The van der Waals surface area contributed by atoms with E-state index in [1.807, 2.05) is 4.90 Å². The molecule has 0 atom stereocenters. The second-order valence-electron chi connectivity index (χ2n) is 3.25. The van der Waals surface area contributed by atoms with Crippen molar-refractivity contribution >= 4 is 5.82 Å². The van der Waals surface area contributed by atoms with Crippen molar-refractivity contribution < 1.29 is 0 Å². The van der Waals surface area contributed by atoms with Crippen molar-refractivity contribution in [3.63, 3.8) is 0 Å². The first-order valence-electron chi connectivity index (χ1n) is 4.90. The molecule has 0 aliphatic heterocycles. The molecule has 0 bridgehead atoms. The van der Waals surface area contributed by atoms with E-state index in [-0.39, 0.29) is 5.56 Å². The van der Waals surface area contributed by atoms with Crippen LogP contribution in [0.1, 0.15) is 5.82 Å². The van der Waals surface area contributed by atoms with Crippen LogP contribution in [-0.4, -0.2) is 36.1 Å². The van der Waals surface area contributed by atoms with E-state index in [4.69, 9.17) is 11.5 Å². The van der Waals surface area contributed by atoms with E-state index in [0.29, 0.717) is 37.8 Å². The summed E-state index contributed by atoms with van der Waals surface area (Å²) in [6.07, 6.45) is 0. The molecule has 0 saturated heterocycles. The first-order valence-corrected chi connectivity index (χ1v) is 4.90. The van der Waals surface area contributed by atoms with Crippen molar-refractivity contribution in [1.29, 1.82) is 0 Å². The second-order valence-corrected chi connectivity index (χ2v) is 3.25. The maximum atomic E-state index is 11.2. The smallest absolute Gasteiger partial charge is 0.252 e. The number of nitrogens with zero attached hydrogens (tertiary/aromatic N) is 2. The Morgan fingerprint density at radius 3 is 2.47 bits per heavy atom. The van der Waals surface area contributed by atoms with Gasteiger partial charge in [-0.25, -0.2) is 4.98 Å². The van der Waals surface area contributed by atoms with Gasteiger partial charge in [-0.1, -0.05) is 0 Å². The third kappa shape index (κ3) is 3.34. The fourth-order valence-electron chi connectivity index (χ4n) is 1.38. The van der Waals surface area contributed by atoms with Gasteiger partial charge in [0, 0.05) is 32.2 Å². The van der Waals surface area contributed by atoms with Gasteiger partial charge >= 0.3 is 0 Å². The number of hydrogen-bond donors (Lipinski definition) is 3. The summed E-state index contributed by atoms with van der Waals surface area (Å²) in [6, 6.07) is 1.46. The van der Waals surface area contributed by atoms with Gasteiger partial charge in [0.25, 0.3) is 5.56 Å². The normalized spacial score (nSPS) is 10.3. The summed E-state index contributed by atoms with van der Waals surface area (Å²) >= 11 is 0. The highest BCUT2D eigenvalue weighted by atomic mass is 16.1. The topological polar surface area (TPSA) is 101 Å². The highest BCUT2D eigenvalue weighted by molar-refractivity contribution is 5.37. The van der Waals surface area contributed by atoms with E-state index in [2.05, 4.69) is 9.97 Å². The van der Waals surface area contributed by atoms with Crippen molar-refractivity contribution in [2.24, 2.45) is 11.5 Å². The summed E-state index contributed by atoms with van der Waals surface area (Å²) in [4.78, 5) is 20.0. The molecule has 1 rings (SSSR count). The van der Waals surface area contributed by atoms with E-state index in [1.165, 1.54) is 6.07 Å². The number of H-pyrrole nitrogens is 1. The van der Waals surface area contributed by atoms with Crippen LogP contribution in [0.4, 0.5) is 5.82 Å². The molecule has 6 heteroatoms. The molecule has 5 N–H and O–H groups in total. The molecule has 0 radical (unpaired) electrons. The van der Waals surface area contributed by atoms with Gasteiger partial charge in [-0.2, -0.15) is 0 Å². The monoisotopic (exact) mass is 211 g/mol. The van der Waals surface area contributed by atoms with E-state index in [0.717, 1.165) is 0 Å². The van der Waals surface area contributed by atoms with Crippen LogP contribution in [0.3, 0.4) is 0 Å². The highest BCUT2D eigenvalue weighted by Crippen LogP contribution is 2.05. The molecule has 0 amide bonds. The second kappa shape index (κ2) is 5.47. The lowest BCUT2D eigenvalue weighted by Gasteiger charge is -2.21. The van der Waals surface area contributed by atoms with Gasteiger partial charge in [0.1, 0.15) is 11.6 Å². The fraction of sp³-hybridized carbons (Fsp3) is 0.556. The number of aromatic amines is 1. The zero-order valence-electron chi connectivity index (χ0n) is 8.86. The highest BCUT2D eigenvalue weighted by Gasteiger charge is 2.07. The Balaban J connectivity index is 2.93. The molecular weight excluding hydrogens is 194 g/mol. The Morgan fingerprint density at radius 2 is 2.00 bits per heavy atom. The van der Waals surface area contributed by atoms with Crippen LogP contribution in [0.5, 0.6) is 0 Å². The predicted molar refractivity (Wildman–Crippen MR) is 59.9 cm³/mol. The summed E-state index contributed by atoms with van der Waals surface area (Å²) < 4.78 is 0. The molecular formula is C9H17N5O. The van der Waals surface area contributed by atoms with Gasteiger partial charge in [0.2, 0.25) is 0 Å². The molecule has 1 heterocycles. The minimum atomic E-state index is -0.156. The number of aromatic nitrogens is 2. The Bertz CT molecular complexity index is 356. The average molecular weight is 211 g/mol. The largest absolute Gasteiger partial charge is 0.354 e. The molecule has 0 saturated carbocycles. The lowest BCUT2D eigenvalue weighted by molar-refractivity contribution is 0.762. The molecule has 15 heavy (non-hydrogen) atoms. The van der Waals surface area contributed by atoms with Crippen molar-refractivity contribution in [1.82, 2.24) is 9.97 Å². The fourth-order valence-corrected chi connectivity index (χ4v) is 1.38. The zero-order valence-corrected chi connectivity index (χ0v) is 8.86. The average Bonchev–Trinajstić information content (AvgIpc) is 2.16.